The van der Waals surface area contributed by atoms with Crippen molar-refractivity contribution in [1.29, 1.82) is 0 Å². The number of guanidine groups is 1. The number of aliphatic imine (C=N–C) groups is 1. The molecule has 0 radical (unpaired) electrons. The Kier molecular flexibility index (Phi) is 6.74. The third-order valence-corrected chi connectivity index (χ3v) is 4.13. The highest BCUT2D eigenvalue weighted by molar-refractivity contribution is 7.11. The number of aryl methyl sites for hydroxylation is 1. The van der Waals surface area contributed by atoms with Crippen molar-refractivity contribution < 1.29 is 13.5 Å². The van der Waals surface area contributed by atoms with Crippen molar-refractivity contribution in [2.75, 3.05) is 7.05 Å². The summed E-state index contributed by atoms with van der Waals surface area (Å²) in [6.45, 7) is -0.152. The van der Waals surface area contributed by atoms with E-state index >= 15 is 0 Å². The Hall–Kier alpha value is -1.93. The zero-order valence-electron chi connectivity index (χ0n) is 13.1. The van der Waals surface area contributed by atoms with E-state index in [0.717, 1.165) is 9.88 Å². The van der Waals surface area contributed by atoms with E-state index in [1.54, 1.807) is 30.6 Å². The molecular weight excluding hydrogens is 358 g/mol. The van der Waals surface area contributed by atoms with Crippen LogP contribution in [-0.2, 0) is 13.1 Å². The predicted molar refractivity (Wildman–Crippen MR) is 92.0 cm³/mol. The Bertz CT molecular complexity index is 709. The second kappa shape index (κ2) is 8.79. The number of alkyl halides is 2. The van der Waals surface area contributed by atoms with Crippen molar-refractivity contribution in [2.24, 2.45) is 4.99 Å². The van der Waals surface area contributed by atoms with Crippen molar-refractivity contribution in [2.45, 2.75) is 26.6 Å². The van der Waals surface area contributed by atoms with Crippen LogP contribution in [0.5, 0.6) is 5.75 Å². The molecule has 1 heterocycles. The Labute approximate surface area is 147 Å². The van der Waals surface area contributed by atoms with Gasteiger partial charge in [-0.1, -0.05) is 11.6 Å². The van der Waals surface area contributed by atoms with Crippen LogP contribution in [-0.4, -0.2) is 24.6 Å². The molecule has 1 aromatic heterocycles. The molecule has 0 spiro atoms. The van der Waals surface area contributed by atoms with E-state index in [2.05, 4.69) is 25.3 Å². The summed E-state index contributed by atoms with van der Waals surface area (Å²) in [4.78, 5) is 9.47. The number of thiazole rings is 1. The first-order valence-electron chi connectivity index (χ1n) is 7.07. The van der Waals surface area contributed by atoms with Gasteiger partial charge in [-0.25, -0.2) is 4.98 Å². The van der Waals surface area contributed by atoms with Crippen molar-refractivity contribution in [3.05, 3.63) is 44.9 Å². The van der Waals surface area contributed by atoms with Gasteiger partial charge < -0.3 is 15.4 Å². The van der Waals surface area contributed by atoms with Gasteiger partial charge in [0.05, 0.1) is 6.54 Å². The molecule has 0 aliphatic carbocycles. The average molecular weight is 375 g/mol. The minimum atomic E-state index is -2.89. The average Bonchev–Trinajstić information content (AvgIpc) is 2.95. The standard InChI is InChI=1S/C15H17ClF2N4OS/c1-9-6-20-13(24-9)8-22-15(19-2)21-7-10-5-11(16)3-4-12(10)23-14(17)18/h3-6,14H,7-8H2,1-2H3,(H2,19,21,22). The first kappa shape index (κ1) is 18.4. The molecule has 24 heavy (non-hydrogen) atoms. The summed E-state index contributed by atoms with van der Waals surface area (Å²) in [5.74, 6) is 0.596. The lowest BCUT2D eigenvalue weighted by molar-refractivity contribution is -0.0504. The second-order valence-electron chi connectivity index (χ2n) is 4.77. The van der Waals surface area contributed by atoms with Crippen LogP contribution in [0.15, 0.2) is 29.4 Å². The topological polar surface area (TPSA) is 58.5 Å². The van der Waals surface area contributed by atoms with Gasteiger partial charge in [-0.3, -0.25) is 4.99 Å². The summed E-state index contributed by atoms with van der Waals surface area (Å²) in [6.07, 6.45) is 1.80. The highest BCUT2D eigenvalue weighted by atomic mass is 35.5. The second-order valence-corrected chi connectivity index (χ2v) is 6.53. The summed E-state index contributed by atoms with van der Waals surface area (Å²) in [5.41, 5.74) is 0.510. The van der Waals surface area contributed by atoms with Gasteiger partial charge in [-0.2, -0.15) is 8.78 Å². The van der Waals surface area contributed by atoms with Crippen LogP contribution in [0.4, 0.5) is 8.78 Å². The highest BCUT2D eigenvalue weighted by Crippen LogP contribution is 2.24. The van der Waals surface area contributed by atoms with Gasteiger partial charge in [0.1, 0.15) is 10.8 Å². The largest absolute Gasteiger partial charge is 0.434 e. The number of hydrogen-bond donors (Lipinski definition) is 2. The fraction of sp³-hybridized carbons (Fsp3) is 0.333. The SMILES string of the molecule is CN=C(NCc1ncc(C)s1)NCc1cc(Cl)ccc1OC(F)F. The van der Waals surface area contributed by atoms with E-state index in [4.69, 9.17) is 11.6 Å². The number of nitrogens with zero attached hydrogens (tertiary/aromatic N) is 2. The van der Waals surface area contributed by atoms with Gasteiger partial charge in [-0.05, 0) is 25.1 Å². The van der Waals surface area contributed by atoms with Crippen LogP contribution >= 0.6 is 22.9 Å². The summed E-state index contributed by atoms with van der Waals surface area (Å²) in [6, 6.07) is 4.49. The first-order valence-corrected chi connectivity index (χ1v) is 8.26. The van der Waals surface area contributed by atoms with E-state index in [9.17, 15) is 8.78 Å². The lowest BCUT2D eigenvalue weighted by Crippen LogP contribution is -2.36. The Balaban J connectivity index is 1.96. The number of aromatic nitrogens is 1. The number of halogens is 3. The number of nitrogens with one attached hydrogen (secondary N) is 2. The Morgan fingerprint density at radius 2 is 2.12 bits per heavy atom. The van der Waals surface area contributed by atoms with Crippen LogP contribution < -0.4 is 15.4 Å². The summed E-state index contributed by atoms with van der Waals surface area (Å²) in [7, 11) is 1.62. The number of hydrogen-bond acceptors (Lipinski definition) is 4. The van der Waals surface area contributed by atoms with Gasteiger partial charge in [0.15, 0.2) is 5.96 Å². The quantitative estimate of drug-likeness (QED) is 0.599. The van der Waals surface area contributed by atoms with Gasteiger partial charge >= 0.3 is 6.61 Å². The van der Waals surface area contributed by atoms with Crippen LogP contribution in [0, 0.1) is 6.92 Å². The van der Waals surface area contributed by atoms with E-state index in [1.807, 2.05) is 6.92 Å². The molecule has 1 aromatic carbocycles. The maximum absolute atomic E-state index is 12.5. The minimum Gasteiger partial charge on any atom is -0.434 e. The maximum Gasteiger partial charge on any atom is 0.387 e. The molecule has 0 fully saturated rings. The molecule has 0 unspecified atom stereocenters. The number of ether oxygens (including phenoxy) is 1. The maximum atomic E-state index is 12.5. The summed E-state index contributed by atoms with van der Waals surface area (Å²) in [5, 5.41) is 7.51. The lowest BCUT2D eigenvalue weighted by Gasteiger charge is -2.14. The Morgan fingerprint density at radius 1 is 1.38 bits per heavy atom. The molecule has 9 heteroatoms. The highest BCUT2D eigenvalue weighted by Gasteiger charge is 2.11. The smallest absolute Gasteiger partial charge is 0.387 e. The van der Waals surface area contributed by atoms with E-state index in [0.29, 0.717) is 23.1 Å². The molecule has 2 aromatic rings. The minimum absolute atomic E-state index is 0.0768. The Morgan fingerprint density at radius 3 is 2.75 bits per heavy atom. The lowest BCUT2D eigenvalue weighted by atomic mass is 10.2. The van der Waals surface area contributed by atoms with Gasteiger partial charge in [0.2, 0.25) is 0 Å². The van der Waals surface area contributed by atoms with Crippen molar-refractivity contribution >= 4 is 28.9 Å². The molecule has 2 N–H and O–H groups in total. The summed E-state index contributed by atoms with van der Waals surface area (Å²) >= 11 is 7.51. The molecule has 0 amide bonds. The first-order chi connectivity index (χ1) is 11.5. The zero-order valence-corrected chi connectivity index (χ0v) is 14.7. The van der Waals surface area contributed by atoms with Gasteiger partial charge in [0.25, 0.3) is 0 Å². The van der Waals surface area contributed by atoms with Gasteiger partial charge in [0, 0.05) is 35.3 Å². The van der Waals surface area contributed by atoms with E-state index in [1.165, 1.54) is 12.1 Å². The fourth-order valence-electron chi connectivity index (χ4n) is 1.94. The third kappa shape index (κ3) is 5.61. The van der Waals surface area contributed by atoms with Crippen LogP contribution in [0.3, 0.4) is 0 Å². The molecule has 0 bridgehead atoms. The number of benzene rings is 1. The van der Waals surface area contributed by atoms with E-state index in [-0.39, 0.29) is 12.3 Å². The number of rotatable bonds is 6. The van der Waals surface area contributed by atoms with Crippen molar-refractivity contribution in [3.8, 4) is 5.75 Å². The summed E-state index contributed by atoms with van der Waals surface area (Å²) < 4.78 is 29.4. The molecule has 0 saturated heterocycles. The predicted octanol–water partition coefficient (Wildman–Crippen LogP) is 3.57. The fourth-order valence-corrected chi connectivity index (χ4v) is 2.86. The monoisotopic (exact) mass is 374 g/mol. The molecular formula is C15H17ClF2N4OS. The van der Waals surface area contributed by atoms with Crippen LogP contribution in [0.1, 0.15) is 15.4 Å². The van der Waals surface area contributed by atoms with Crippen LogP contribution in [0.2, 0.25) is 5.02 Å². The molecule has 5 nitrogen and oxygen atoms in total. The molecule has 130 valence electrons. The van der Waals surface area contributed by atoms with Crippen molar-refractivity contribution in [1.82, 2.24) is 15.6 Å². The molecule has 0 atom stereocenters. The molecule has 0 saturated carbocycles. The third-order valence-electron chi connectivity index (χ3n) is 2.98. The molecule has 0 aliphatic rings. The van der Waals surface area contributed by atoms with Crippen LogP contribution in [0.25, 0.3) is 0 Å². The van der Waals surface area contributed by atoms with Crippen molar-refractivity contribution in [3.63, 3.8) is 0 Å². The van der Waals surface area contributed by atoms with Gasteiger partial charge in [-0.15, -0.1) is 11.3 Å². The molecule has 2 rings (SSSR count). The normalized spacial score (nSPS) is 11.7. The zero-order chi connectivity index (χ0) is 17.5. The molecule has 0 aliphatic heterocycles. The van der Waals surface area contributed by atoms with E-state index < -0.39 is 6.61 Å².